The summed E-state index contributed by atoms with van der Waals surface area (Å²) in [6, 6.07) is 5.09. The van der Waals surface area contributed by atoms with Crippen LogP contribution < -0.4 is 5.32 Å². The second kappa shape index (κ2) is 6.10. The molecule has 2 aromatic heterocycles. The van der Waals surface area contributed by atoms with E-state index in [1.165, 1.54) is 0 Å². The summed E-state index contributed by atoms with van der Waals surface area (Å²) in [6.07, 6.45) is -0.243. The summed E-state index contributed by atoms with van der Waals surface area (Å²) in [7, 11) is 0. The molecule has 19 heavy (non-hydrogen) atoms. The first-order valence-corrected chi connectivity index (χ1v) is 6.33. The zero-order valence-electron chi connectivity index (χ0n) is 10.0. The van der Waals surface area contributed by atoms with E-state index in [-0.39, 0.29) is 17.1 Å². The van der Waals surface area contributed by atoms with Crippen LogP contribution >= 0.6 is 23.2 Å². The second-order valence-corrected chi connectivity index (χ2v) is 4.39. The van der Waals surface area contributed by atoms with Gasteiger partial charge in [-0.1, -0.05) is 24.6 Å². The quantitative estimate of drug-likeness (QED) is 0.666. The van der Waals surface area contributed by atoms with Crippen molar-refractivity contribution in [3.63, 3.8) is 0 Å². The van der Waals surface area contributed by atoms with E-state index in [4.69, 9.17) is 23.2 Å². The number of hydrogen-bond donors (Lipinski definition) is 2. The SMILES string of the molecule is CCC(O)Nc1nc(Cl)nc(-c2cccc(Cl)n2)n1. The molecule has 2 rings (SSSR count). The maximum absolute atomic E-state index is 9.52. The number of hydrogen-bond acceptors (Lipinski definition) is 6. The number of anilines is 1. The summed E-state index contributed by atoms with van der Waals surface area (Å²) in [5.74, 6) is 0.472. The third-order valence-corrected chi connectivity index (χ3v) is 2.61. The van der Waals surface area contributed by atoms with E-state index in [9.17, 15) is 5.11 Å². The van der Waals surface area contributed by atoms with Crippen LogP contribution in [0, 0.1) is 0 Å². The van der Waals surface area contributed by atoms with Crippen molar-refractivity contribution in [2.24, 2.45) is 0 Å². The Bertz CT molecular complexity index is 581. The molecule has 0 spiro atoms. The van der Waals surface area contributed by atoms with Gasteiger partial charge in [0.05, 0.1) is 0 Å². The van der Waals surface area contributed by atoms with E-state index in [2.05, 4.69) is 25.3 Å². The van der Waals surface area contributed by atoms with E-state index in [0.717, 1.165) is 0 Å². The zero-order valence-corrected chi connectivity index (χ0v) is 11.5. The number of aliphatic hydroxyl groups is 1. The second-order valence-electron chi connectivity index (χ2n) is 3.67. The highest BCUT2D eigenvalue weighted by molar-refractivity contribution is 6.29. The molecule has 0 aliphatic rings. The molecule has 0 aromatic carbocycles. The molecule has 2 aromatic rings. The van der Waals surface area contributed by atoms with Gasteiger partial charge in [-0.05, 0) is 30.2 Å². The molecule has 6 nitrogen and oxygen atoms in total. The molecule has 8 heteroatoms. The minimum atomic E-state index is -0.751. The zero-order chi connectivity index (χ0) is 13.8. The van der Waals surface area contributed by atoms with Gasteiger partial charge in [0.2, 0.25) is 11.2 Å². The van der Waals surface area contributed by atoms with Gasteiger partial charge in [0.1, 0.15) is 17.1 Å². The number of aromatic nitrogens is 4. The molecule has 0 saturated heterocycles. The van der Waals surface area contributed by atoms with Crippen LogP contribution in [0.25, 0.3) is 11.5 Å². The number of nitrogens with zero attached hydrogens (tertiary/aromatic N) is 4. The smallest absolute Gasteiger partial charge is 0.229 e. The highest BCUT2D eigenvalue weighted by Gasteiger charge is 2.10. The van der Waals surface area contributed by atoms with Crippen molar-refractivity contribution >= 4 is 29.2 Å². The van der Waals surface area contributed by atoms with Crippen LogP contribution in [0.1, 0.15) is 13.3 Å². The minimum Gasteiger partial charge on any atom is -0.374 e. The Balaban J connectivity index is 2.36. The van der Waals surface area contributed by atoms with E-state index >= 15 is 0 Å². The van der Waals surface area contributed by atoms with Crippen molar-refractivity contribution < 1.29 is 5.11 Å². The first-order chi connectivity index (χ1) is 9.08. The molecular formula is C11H11Cl2N5O. The predicted octanol–water partition coefficient (Wildman–Crippen LogP) is 2.38. The van der Waals surface area contributed by atoms with E-state index in [1.54, 1.807) is 18.2 Å². The normalized spacial score (nSPS) is 12.2. The molecule has 2 heterocycles. The molecule has 0 saturated carbocycles. The maximum atomic E-state index is 9.52. The lowest BCUT2D eigenvalue weighted by Crippen LogP contribution is -2.19. The lowest BCUT2D eigenvalue weighted by Gasteiger charge is -2.10. The fourth-order valence-electron chi connectivity index (χ4n) is 1.31. The molecule has 0 bridgehead atoms. The Morgan fingerprint density at radius 1 is 1.21 bits per heavy atom. The van der Waals surface area contributed by atoms with Crippen LogP contribution in [0.3, 0.4) is 0 Å². The molecule has 2 N–H and O–H groups in total. The van der Waals surface area contributed by atoms with E-state index in [0.29, 0.717) is 17.3 Å². The molecule has 0 aliphatic carbocycles. The fraction of sp³-hybridized carbons (Fsp3) is 0.273. The molecule has 0 aliphatic heterocycles. The summed E-state index contributed by atoms with van der Waals surface area (Å²) < 4.78 is 0. The molecule has 0 radical (unpaired) electrons. The molecule has 1 atom stereocenters. The van der Waals surface area contributed by atoms with Crippen LogP contribution in [0.4, 0.5) is 5.95 Å². The van der Waals surface area contributed by atoms with Gasteiger partial charge in [-0.3, -0.25) is 0 Å². The average Bonchev–Trinajstić information content (AvgIpc) is 2.38. The van der Waals surface area contributed by atoms with Crippen LogP contribution in [0.2, 0.25) is 10.4 Å². The van der Waals surface area contributed by atoms with Crippen LogP contribution in [-0.2, 0) is 0 Å². The summed E-state index contributed by atoms with van der Waals surface area (Å²) in [5.41, 5.74) is 0.478. The third kappa shape index (κ3) is 3.73. The van der Waals surface area contributed by atoms with Gasteiger partial charge in [-0.25, -0.2) is 4.98 Å². The monoisotopic (exact) mass is 299 g/mol. The van der Waals surface area contributed by atoms with Gasteiger partial charge >= 0.3 is 0 Å². The number of nitrogens with one attached hydrogen (secondary N) is 1. The van der Waals surface area contributed by atoms with Crippen molar-refractivity contribution in [1.82, 2.24) is 19.9 Å². The highest BCUT2D eigenvalue weighted by atomic mass is 35.5. The lowest BCUT2D eigenvalue weighted by molar-refractivity contribution is 0.198. The average molecular weight is 300 g/mol. The van der Waals surface area contributed by atoms with Gasteiger partial charge in [0, 0.05) is 0 Å². The summed E-state index contributed by atoms with van der Waals surface area (Å²) in [5, 5.41) is 12.6. The van der Waals surface area contributed by atoms with Gasteiger partial charge in [0.15, 0.2) is 5.82 Å². The van der Waals surface area contributed by atoms with Crippen molar-refractivity contribution in [2.75, 3.05) is 5.32 Å². The fourth-order valence-corrected chi connectivity index (χ4v) is 1.64. The highest BCUT2D eigenvalue weighted by Crippen LogP contribution is 2.18. The van der Waals surface area contributed by atoms with Gasteiger partial charge in [-0.2, -0.15) is 15.0 Å². The Kier molecular flexibility index (Phi) is 4.47. The Morgan fingerprint density at radius 2 is 2.00 bits per heavy atom. The minimum absolute atomic E-state index is 0.0116. The first-order valence-electron chi connectivity index (χ1n) is 5.57. The largest absolute Gasteiger partial charge is 0.374 e. The van der Waals surface area contributed by atoms with Crippen molar-refractivity contribution in [3.8, 4) is 11.5 Å². The number of aliphatic hydroxyl groups excluding tert-OH is 1. The topological polar surface area (TPSA) is 83.8 Å². The van der Waals surface area contributed by atoms with Crippen molar-refractivity contribution in [2.45, 2.75) is 19.6 Å². The van der Waals surface area contributed by atoms with Crippen LogP contribution in [0.15, 0.2) is 18.2 Å². The van der Waals surface area contributed by atoms with Crippen molar-refractivity contribution in [3.05, 3.63) is 28.6 Å². The third-order valence-electron chi connectivity index (χ3n) is 2.23. The predicted molar refractivity (Wildman–Crippen MR) is 73.0 cm³/mol. The Morgan fingerprint density at radius 3 is 2.68 bits per heavy atom. The van der Waals surface area contributed by atoms with Gasteiger partial charge < -0.3 is 10.4 Å². The molecule has 0 amide bonds. The number of pyridine rings is 1. The molecule has 1 unspecified atom stereocenters. The standard InChI is InChI=1S/C11H11Cl2N5O/c1-2-8(19)15-11-17-9(16-10(13)18-11)6-4-3-5-7(12)14-6/h3-5,8,19H,2H2,1H3,(H,15,16,17,18). The van der Waals surface area contributed by atoms with E-state index < -0.39 is 6.23 Å². The lowest BCUT2D eigenvalue weighted by atomic mass is 10.3. The van der Waals surface area contributed by atoms with Gasteiger partial charge in [0.25, 0.3) is 0 Å². The van der Waals surface area contributed by atoms with Gasteiger partial charge in [-0.15, -0.1) is 0 Å². The Labute approximate surface area is 119 Å². The maximum Gasteiger partial charge on any atom is 0.229 e. The molecular weight excluding hydrogens is 289 g/mol. The molecule has 0 fully saturated rings. The summed E-state index contributed by atoms with van der Waals surface area (Å²) >= 11 is 11.6. The molecule has 100 valence electrons. The summed E-state index contributed by atoms with van der Waals surface area (Å²) in [4.78, 5) is 16.1. The van der Waals surface area contributed by atoms with Crippen molar-refractivity contribution in [1.29, 1.82) is 0 Å². The van der Waals surface area contributed by atoms with Crippen LogP contribution in [0.5, 0.6) is 0 Å². The van der Waals surface area contributed by atoms with Crippen LogP contribution in [-0.4, -0.2) is 31.3 Å². The number of rotatable bonds is 4. The summed E-state index contributed by atoms with van der Waals surface area (Å²) in [6.45, 7) is 1.82. The van der Waals surface area contributed by atoms with E-state index in [1.807, 2.05) is 6.92 Å². The first kappa shape index (κ1) is 13.9. The number of halogens is 2. The Hall–Kier alpha value is -1.50.